The van der Waals surface area contributed by atoms with Crippen molar-refractivity contribution in [3.05, 3.63) is 22.8 Å². The number of nitrogens with zero attached hydrogens (tertiary/aromatic N) is 2. The molecule has 0 saturated heterocycles. The predicted octanol–water partition coefficient (Wildman–Crippen LogP) is 4.07. The van der Waals surface area contributed by atoms with E-state index in [1.165, 1.54) is 0 Å². The molecule has 0 saturated carbocycles. The summed E-state index contributed by atoms with van der Waals surface area (Å²) in [6.07, 6.45) is 3.76. The summed E-state index contributed by atoms with van der Waals surface area (Å²) in [5, 5.41) is 3.55. The van der Waals surface area contributed by atoms with Crippen LogP contribution in [0, 0.1) is 5.92 Å². The fourth-order valence-corrected chi connectivity index (χ4v) is 2.48. The summed E-state index contributed by atoms with van der Waals surface area (Å²) < 4.78 is 0. The number of halogens is 1. The average Bonchev–Trinajstić information content (AvgIpc) is 2.50. The molecular weight excluding hydrogens is 286 g/mol. The topological polar surface area (TPSA) is 45.2 Å². The molecule has 1 amide bonds. The van der Waals surface area contributed by atoms with E-state index >= 15 is 0 Å². The van der Waals surface area contributed by atoms with E-state index in [2.05, 4.69) is 24.1 Å². The van der Waals surface area contributed by atoms with E-state index in [1.807, 2.05) is 18.7 Å². The van der Waals surface area contributed by atoms with Crippen LogP contribution in [0.2, 0.25) is 5.02 Å². The van der Waals surface area contributed by atoms with Crippen molar-refractivity contribution >= 4 is 23.3 Å². The molecule has 0 aliphatic heterocycles. The third kappa shape index (κ3) is 4.88. The minimum Gasteiger partial charge on any atom is -0.369 e. The van der Waals surface area contributed by atoms with Gasteiger partial charge in [-0.25, -0.2) is 4.98 Å². The minimum atomic E-state index is 0.00171. The number of aromatic nitrogens is 1. The molecule has 1 aromatic rings. The molecule has 0 radical (unpaired) electrons. The van der Waals surface area contributed by atoms with Gasteiger partial charge in [0.25, 0.3) is 5.91 Å². The quantitative estimate of drug-likeness (QED) is 0.787. The molecule has 1 N–H and O–H groups in total. The van der Waals surface area contributed by atoms with Crippen molar-refractivity contribution in [2.24, 2.45) is 5.92 Å². The molecule has 118 valence electrons. The van der Waals surface area contributed by atoms with Crippen molar-refractivity contribution < 1.29 is 4.79 Å². The van der Waals surface area contributed by atoms with E-state index in [4.69, 9.17) is 11.6 Å². The molecular formula is C16H26ClN3O. The van der Waals surface area contributed by atoms with Crippen LogP contribution in [-0.4, -0.2) is 35.4 Å². The Hall–Kier alpha value is -1.29. The van der Waals surface area contributed by atoms with Crippen molar-refractivity contribution in [1.82, 2.24) is 9.88 Å². The van der Waals surface area contributed by atoms with Crippen LogP contribution in [-0.2, 0) is 0 Å². The Morgan fingerprint density at radius 1 is 1.33 bits per heavy atom. The Morgan fingerprint density at radius 2 is 2.00 bits per heavy atom. The second-order valence-electron chi connectivity index (χ2n) is 5.11. The molecule has 21 heavy (non-hydrogen) atoms. The third-order valence-corrected chi connectivity index (χ3v) is 4.02. The summed E-state index contributed by atoms with van der Waals surface area (Å²) in [6.45, 7) is 10.5. The second-order valence-corrected chi connectivity index (χ2v) is 5.52. The Morgan fingerprint density at radius 3 is 2.48 bits per heavy atom. The molecule has 0 bridgehead atoms. The number of rotatable bonds is 8. The molecule has 0 aliphatic carbocycles. The summed E-state index contributed by atoms with van der Waals surface area (Å²) >= 11 is 6.16. The SMILES string of the molecule is CCNc1ncc(C(=O)N(CC)CC(CC)CC)cc1Cl. The molecule has 0 atom stereocenters. The van der Waals surface area contributed by atoms with Gasteiger partial charge in [-0.2, -0.15) is 0 Å². The maximum absolute atomic E-state index is 12.6. The zero-order valence-electron chi connectivity index (χ0n) is 13.4. The number of hydrogen-bond donors (Lipinski definition) is 1. The van der Waals surface area contributed by atoms with Crippen molar-refractivity contribution in [2.75, 3.05) is 25.0 Å². The number of pyridine rings is 1. The first-order chi connectivity index (χ1) is 10.1. The van der Waals surface area contributed by atoms with Crippen LogP contribution in [0.3, 0.4) is 0 Å². The van der Waals surface area contributed by atoms with E-state index in [-0.39, 0.29) is 5.91 Å². The van der Waals surface area contributed by atoms with Gasteiger partial charge in [0, 0.05) is 25.8 Å². The summed E-state index contributed by atoms with van der Waals surface area (Å²) in [7, 11) is 0. The highest BCUT2D eigenvalue weighted by Gasteiger charge is 2.18. The molecule has 1 aromatic heterocycles. The lowest BCUT2D eigenvalue weighted by atomic mass is 10.0. The van der Waals surface area contributed by atoms with Crippen LogP contribution < -0.4 is 5.32 Å². The maximum atomic E-state index is 12.6. The Labute approximate surface area is 132 Å². The summed E-state index contributed by atoms with van der Waals surface area (Å²) in [5.74, 6) is 1.17. The Bertz CT molecular complexity index is 461. The van der Waals surface area contributed by atoms with Crippen LogP contribution in [0.4, 0.5) is 5.82 Å². The van der Waals surface area contributed by atoms with Crippen LogP contribution in [0.15, 0.2) is 12.3 Å². The van der Waals surface area contributed by atoms with Gasteiger partial charge in [-0.1, -0.05) is 38.3 Å². The van der Waals surface area contributed by atoms with E-state index in [0.29, 0.717) is 28.9 Å². The van der Waals surface area contributed by atoms with Crippen LogP contribution in [0.5, 0.6) is 0 Å². The van der Waals surface area contributed by atoms with Crippen molar-refractivity contribution in [3.63, 3.8) is 0 Å². The Kier molecular flexibility index (Phi) is 7.51. The molecule has 5 heteroatoms. The highest BCUT2D eigenvalue weighted by atomic mass is 35.5. The fourth-order valence-electron chi connectivity index (χ4n) is 2.25. The monoisotopic (exact) mass is 311 g/mol. The smallest absolute Gasteiger partial charge is 0.255 e. The molecule has 4 nitrogen and oxygen atoms in total. The number of amides is 1. The van der Waals surface area contributed by atoms with Crippen LogP contribution in [0.1, 0.15) is 50.9 Å². The van der Waals surface area contributed by atoms with Crippen molar-refractivity contribution in [3.8, 4) is 0 Å². The van der Waals surface area contributed by atoms with E-state index in [9.17, 15) is 4.79 Å². The van der Waals surface area contributed by atoms with Gasteiger partial charge >= 0.3 is 0 Å². The number of carbonyl (C=O) groups is 1. The zero-order valence-corrected chi connectivity index (χ0v) is 14.2. The number of hydrogen-bond acceptors (Lipinski definition) is 3. The fraction of sp³-hybridized carbons (Fsp3) is 0.625. The zero-order chi connectivity index (χ0) is 15.8. The van der Waals surface area contributed by atoms with E-state index < -0.39 is 0 Å². The summed E-state index contributed by atoms with van der Waals surface area (Å²) in [5.41, 5.74) is 0.550. The normalized spacial score (nSPS) is 10.8. The summed E-state index contributed by atoms with van der Waals surface area (Å²) in [4.78, 5) is 18.7. The predicted molar refractivity (Wildman–Crippen MR) is 89.1 cm³/mol. The Balaban J connectivity index is 2.87. The van der Waals surface area contributed by atoms with Gasteiger partial charge in [0.05, 0.1) is 10.6 Å². The van der Waals surface area contributed by atoms with Gasteiger partial charge in [-0.05, 0) is 25.8 Å². The lowest BCUT2D eigenvalue weighted by Gasteiger charge is -2.25. The number of carbonyl (C=O) groups excluding carboxylic acids is 1. The van der Waals surface area contributed by atoms with Gasteiger partial charge < -0.3 is 10.2 Å². The molecule has 1 rings (SSSR count). The van der Waals surface area contributed by atoms with E-state index in [0.717, 1.165) is 25.9 Å². The average molecular weight is 312 g/mol. The lowest BCUT2D eigenvalue weighted by molar-refractivity contribution is 0.0734. The largest absolute Gasteiger partial charge is 0.369 e. The first kappa shape index (κ1) is 17.8. The molecule has 0 fully saturated rings. The minimum absolute atomic E-state index is 0.00171. The van der Waals surface area contributed by atoms with Crippen LogP contribution in [0.25, 0.3) is 0 Å². The molecule has 0 aliphatic rings. The highest BCUT2D eigenvalue weighted by molar-refractivity contribution is 6.33. The first-order valence-electron chi connectivity index (χ1n) is 7.75. The molecule has 0 spiro atoms. The van der Waals surface area contributed by atoms with Gasteiger partial charge in [-0.3, -0.25) is 4.79 Å². The van der Waals surface area contributed by atoms with E-state index in [1.54, 1.807) is 12.3 Å². The van der Waals surface area contributed by atoms with Gasteiger partial charge in [0.1, 0.15) is 5.82 Å². The van der Waals surface area contributed by atoms with Crippen LogP contribution >= 0.6 is 11.6 Å². The standard InChI is InChI=1S/C16H26ClN3O/c1-5-12(6-2)11-20(8-4)16(21)13-9-14(17)15(18-7-3)19-10-13/h9-10,12H,5-8,11H2,1-4H3,(H,18,19). The first-order valence-corrected chi connectivity index (χ1v) is 8.13. The van der Waals surface area contributed by atoms with Crippen molar-refractivity contribution in [2.45, 2.75) is 40.5 Å². The van der Waals surface area contributed by atoms with Gasteiger partial charge in [-0.15, -0.1) is 0 Å². The van der Waals surface area contributed by atoms with Gasteiger partial charge in [0.2, 0.25) is 0 Å². The summed E-state index contributed by atoms with van der Waals surface area (Å²) in [6, 6.07) is 1.70. The molecule has 1 heterocycles. The lowest BCUT2D eigenvalue weighted by Crippen LogP contribution is -2.35. The maximum Gasteiger partial charge on any atom is 0.255 e. The number of anilines is 1. The highest BCUT2D eigenvalue weighted by Crippen LogP contribution is 2.21. The number of nitrogens with one attached hydrogen (secondary N) is 1. The molecule has 0 aromatic carbocycles. The molecule has 0 unspecified atom stereocenters. The van der Waals surface area contributed by atoms with Gasteiger partial charge in [0.15, 0.2) is 0 Å². The second kappa shape index (κ2) is 8.88. The van der Waals surface area contributed by atoms with Crippen molar-refractivity contribution in [1.29, 1.82) is 0 Å². The third-order valence-electron chi connectivity index (χ3n) is 3.73.